The van der Waals surface area contributed by atoms with Crippen molar-refractivity contribution in [1.82, 2.24) is 5.48 Å². The van der Waals surface area contributed by atoms with Gasteiger partial charge in [-0.1, -0.05) is 12.1 Å². The predicted molar refractivity (Wildman–Crippen MR) is 64.4 cm³/mol. The molecule has 0 bridgehead atoms. The first-order chi connectivity index (χ1) is 8.04. The van der Waals surface area contributed by atoms with Gasteiger partial charge >= 0.3 is 0 Å². The summed E-state index contributed by atoms with van der Waals surface area (Å²) in [7, 11) is 1.62. The molecule has 1 unspecified atom stereocenters. The quantitative estimate of drug-likeness (QED) is 0.727. The molecule has 1 atom stereocenters. The van der Waals surface area contributed by atoms with Gasteiger partial charge in [0, 0.05) is 5.56 Å². The van der Waals surface area contributed by atoms with Crippen LogP contribution in [0.5, 0.6) is 5.75 Å². The minimum Gasteiger partial charge on any atom is -0.496 e. The number of hydroxylamine groups is 1. The van der Waals surface area contributed by atoms with Gasteiger partial charge in [0.05, 0.1) is 13.2 Å². The number of rotatable bonds is 6. The van der Waals surface area contributed by atoms with E-state index < -0.39 is 5.91 Å². The fourth-order valence-electron chi connectivity index (χ4n) is 1.48. The second-order valence-corrected chi connectivity index (χ2v) is 3.84. The maximum Gasteiger partial charge on any atom is 0.245 e. The van der Waals surface area contributed by atoms with Crippen LogP contribution in [0.2, 0.25) is 0 Å². The molecule has 0 saturated carbocycles. The number of amides is 1. The zero-order valence-corrected chi connectivity index (χ0v) is 10.3. The minimum absolute atomic E-state index is 0.0927. The highest BCUT2D eigenvalue weighted by Gasteiger charge is 2.11. The molecule has 1 aromatic carbocycles. The van der Waals surface area contributed by atoms with Crippen LogP contribution in [0.15, 0.2) is 18.2 Å². The monoisotopic (exact) mass is 238 g/mol. The smallest absolute Gasteiger partial charge is 0.245 e. The van der Waals surface area contributed by atoms with Crippen molar-refractivity contribution in [3.05, 3.63) is 29.3 Å². The van der Waals surface area contributed by atoms with Crippen LogP contribution in [0.25, 0.3) is 0 Å². The molecule has 0 radical (unpaired) electrons. The van der Waals surface area contributed by atoms with Crippen LogP contribution in [-0.4, -0.2) is 19.6 Å². The van der Waals surface area contributed by atoms with Crippen LogP contribution in [0, 0.1) is 6.92 Å². The van der Waals surface area contributed by atoms with Crippen molar-refractivity contribution in [2.75, 3.05) is 13.7 Å². The maximum absolute atomic E-state index is 10.5. The molecule has 0 heterocycles. The lowest BCUT2D eigenvalue weighted by atomic mass is 10.1. The highest BCUT2D eigenvalue weighted by atomic mass is 16.6. The summed E-state index contributed by atoms with van der Waals surface area (Å²) in [6.45, 7) is 3.75. The van der Waals surface area contributed by atoms with E-state index in [2.05, 4.69) is 5.48 Å². The first-order valence-electron chi connectivity index (χ1n) is 5.34. The van der Waals surface area contributed by atoms with Crippen molar-refractivity contribution in [3.8, 4) is 5.75 Å². The second-order valence-electron chi connectivity index (χ2n) is 3.84. The molecule has 0 fully saturated rings. The molecule has 5 heteroatoms. The van der Waals surface area contributed by atoms with Gasteiger partial charge in [-0.2, -0.15) is 5.48 Å². The Bertz CT molecular complexity index is 393. The summed E-state index contributed by atoms with van der Waals surface area (Å²) >= 11 is 0. The third kappa shape index (κ3) is 4.05. The number of nitrogens with two attached hydrogens (primary N) is 1. The molecule has 5 nitrogen and oxygen atoms in total. The Morgan fingerprint density at radius 2 is 2.24 bits per heavy atom. The van der Waals surface area contributed by atoms with E-state index in [1.54, 1.807) is 7.11 Å². The number of aryl methyl sites for hydroxylation is 1. The lowest BCUT2D eigenvalue weighted by Gasteiger charge is -2.17. The van der Waals surface area contributed by atoms with Crippen molar-refractivity contribution in [2.24, 2.45) is 5.73 Å². The van der Waals surface area contributed by atoms with Crippen molar-refractivity contribution in [3.63, 3.8) is 0 Å². The van der Waals surface area contributed by atoms with Gasteiger partial charge in [-0.25, -0.2) is 0 Å². The zero-order valence-electron chi connectivity index (χ0n) is 10.3. The Morgan fingerprint density at radius 3 is 2.82 bits per heavy atom. The van der Waals surface area contributed by atoms with Gasteiger partial charge in [-0.15, -0.1) is 0 Å². The first-order valence-corrected chi connectivity index (χ1v) is 5.34. The van der Waals surface area contributed by atoms with Gasteiger partial charge < -0.3 is 10.5 Å². The number of nitrogens with one attached hydrogen (secondary N) is 1. The highest BCUT2D eigenvalue weighted by Crippen LogP contribution is 2.25. The number of methoxy groups -OCH3 is 1. The van der Waals surface area contributed by atoms with Crippen LogP contribution in [0.4, 0.5) is 0 Å². The fourth-order valence-corrected chi connectivity index (χ4v) is 1.48. The zero-order chi connectivity index (χ0) is 12.8. The van der Waals surface area contributed by atoms with Gasteiger partial charge in [-0.3, -0.25) is 9.63 Å². The highest BCUT2D eigenvalue weighted by molar-refractivity contribution is 5.74. The summed E-state index contributed by atoms with van der Waals surface area (Å²) in [4.78, 5) is 15.5. The van der Waals surface area contributed by atoms with E-state index in [-0.39, 0.29) is 12.6 Å². The number of benzene rings is 1. The van der Waals surface area contributed by atoms with Crippen molar-refractivity contribution in [2.45, 2.75) is 19.9 Å². The van der Waals surface area contributed by atoms with Crippen LogP contribution >= 0.6 is 0 Å². The summed E-state index contributed by atoms with van der Waals surface area (Å²) in [6, 6.07) is 5.80. The van der Waals surface area contributed by atoms with Crippen LogP contribution in [-0.2, 0) is 9.63 Å². The van der Waals surface area contributed by atoms with Crippen LogP contribution in [0.3, 0.4) is 0 Å². The lowest BCUT2D eigenvalue weighted by Crippen LogP contribution is -2.26. The number of primary amides is 1. The van der Waals surface area contributed by atoms with E-state index in [1.165, 1.54) is 0 Å². The normalized spacial score (nSPS) is 12.2. The standard InChI is InChI=1S/C12H18N2O3/c1-8-4-5-10(11(6-8)16-3)9(2)14-17-7-12(13)15/h4-6,9,14H,7H2,1-3H3,(H2,13,15). The molecular formula is C12H18N2O3. The molecule has 94 valence electrons. The molecule has 1 aromatic rings. The van der Waals surface area contributed by atoms with Crippen LogP contribution < -0.4 is 16.0 Å². The van der Waals surface area contributed by atoms with E-state index in [4.69, 9.17) is 15.3 Å². The van der Waals surface area contributed by atoms with E-state index in [9.17, 15) is 4.79 Å². The number of carbonyl (C=O) groups excluding carboxylic acids is 1. The van der Waals surface area contributed by atoms with E-state index in [1.807, 2.05) is 32.0 Å². The summed E-state index contributed by atoms with van der Waals surface area (Å²) in [5.74, 6) is 0.272. The Morgan fingerprint density at radius 1 is 1.53 bits per heavy atom. The first kappa shape index (κ1) is 13.5. The largest absolute Gasteiger partial charge is 0.496 e. The number of ether oxygens (including phenoxy) is 1. The summed E-state index contributed by atoms with van der Waals surface area (Å²) in [5, 5.41) is 0. The second kappa shape index (κ2) is 6.22. The third-order valence-corrected chi connectivity index (χ3v) is 2.33. The van der Waals surface area contributed by atoms with Crippen LogP contribution in [0.1, 0.15) is 24.1 Å². The molecule has 1 amide bonds. The van der Waals surface area contributed by atoms with Gasteiger partial charge in [0.25, 0.3) is 0 Å². The van der Waals surface area contributed by atoms with Crippen molar-refractivity contribution in [1.29, 1.82) is 0 Å². The molecule has 0 aromatic heterocycles. The lowest BCUT2D eigenvalue weighted by molar-refractivity contribution is -0.126. The Kier molecular flexibility index (Phi) is 4.93. The fraction of sp³-hybridized carbons (Fsp3) is 0.417. The van der Waals surface area contributed by atoms with Gasteiger partial charge in [-0.05, 0) is 25.5 Å². The van der Waals surface area contributed by atoms with Crippen molar-refractivity contribution >= 4 is 5.91 Å². The summed E-state index contributed by atoms with van der Waals surface area (Å²) in [6.07, 6.45) is 0. The third-order valence-electron chi connectivity index (χ3n) is 2.33. The molecule has 3 N–H and O–H groups in total. The average Bonchev–Trinajstić information content (AvgIpc) is 2.28. The van der Waals surface area contributed by atoms with Gasteiger partial charge in [0.2, 0.25) is 5.91 Å². The molecule has 0 aliphatic rings. The van der Waals surface area contributed by atoms with E-state index >= 15 is 0 Å². The SMILES string of the molecule is COc1cc(C)ccc1C(C)NOCC(N)=O. The van der Waals surface area contributed by atoms with E-state index in [0.29, 0.717) is 0 Å². The van der Waals surface area contributed by atoms with E-state index in [0.717, 1.165) is 16.9 Å². The topological polar surface area (TPSA) is 73.6 Å². The number of hydrogen-bond donors (Lipinski definition) is 2. The molecule has 17 heavy (non-hydrogen) atoms. The minimum atomic E-state index is -0.513. The molecule has 0 saturated heterocycles. The number of hydrogen-bond acceptors (Lipinski definition) is 4. The molecular weight excluding hydrogens is 220 g/mol. The predicted octanol–water partition coefficient (Wildman–Crippen LogP) is 1.07. The van der Waals surface area contributed by atoms with Crippen molar-refractivity contribution < 1.29 is 14.4 Å². The Labute approximate surface area is 101 Å². The van der Waals surface area contributed by atoms with Gasteiger partial charge in [0.1, 0.15) is 12.4 Å². The van der Waals surface area contributed by atoms with Gasteiger partial charge in [0.15, 0.2) is 0 Å². The Balaban J connectivity index is 2.67. The number of carbonyl (C=O) groups is 1. The molecule has 0 spiro atoms. The molecule has 0 aliphatic heterocycles. The summed E-state index contributed by atoms with van der Waals surface area (Å²) in [5.41, 5.74) is 9.79. The average molecular weight is 238 g/mol. The molecule has 1 rings (SSSR count). The Hall–Kier alpha value is -1.59. The summed E-state index contributed by atoms with van der Waals surface area (Å²) < 4.78 is 5.29. The molecule has 0 aliphatic carbocycles. The maximum atomic E-state index is 10.5.